The first-order chi connectivity index (χ1) is 13.9. The van der Waals surface area contributed by atoms with Crippen molar-refractivity contribution < 1.29 is 13.7 Å². The largest absolute Gasteiger partial charge is 0.383 e. The average molecular weight is 397 g/mol. The molecule has 0 bridgehead atoms. The molecule has 0 N–H and O–H groups in total. The fourth-order valence-electron chi connectivity index (χ4n) is 3.75. The van der Waals surface area contributed by atoms with Crippen molar-refractivity contribution >= 4 is 16.6 Å². The molecule has 5 rings (SSSR count). The van der Waals surface area contributed by atoms with Crippen molar-refractivity contribution in [3.8, 4) is 11.5 Å². The van der Waals surface area contributed by atoms with Crippen LogP contribution in [-0.2, 0) is 10.2 Å². The van der Waals surface area contributed by atoms with Crippen molar-refractivity contribution in [1.29, 1.82) is 0 Å². The molecule has 0 saturated heterocycles. The van der Waals surface area contributed by atoms with Crippen LogP contribution in [0.4, 0.5) is 4.39 Å². The first kappa shape index (κ1) is 18.0. The molecule has 0 radical (unpaired) electrons. The van der Waals surface area contributed by atoms with Gasteiger partial charge in [0.05, 0.1) is 18.2 Å². The number of methoxy groups -OCH3 is 1. The highest BCUT2D eigenvalue weighted by Crippen LogP contribution is 2.47. The summed E-state index contributed by atoms with van der Waals surface area (Å²) < 4.78 is 28.4. The van der Waals surface area contributed by atoms with Gasteiger partial charge in [0.2, 0.25) is 11.7 Å². The Labute approximate surface area is 164 Å². The van der Waals surface area contributed by atoms with Gasteiger partial charge in [0.15, 0.2) is 0 Å². The molecule has 29 heavy (non-hydrogen) atoms. The monoisotopic (exact) mass is 397 g/mol. The van der Waals surface area contributed by atoms with E-state index in [0.717, 1.165) is 12.8 Å². The maximum Gasteiger partial charge on any atom is 0.278 e. The second-order valence-corrected chi connectivity index (χ2v) is 7.88. The topological polar surface area (TPSA) is 87.5 Å². The SMILES string of the molecule is COCC(C)n1c(=O)c2c(-c3noc(C4(C)CC4)n3)ncn2c2cccc(F)c21. The van der Waals surface area contributed by atoms with Gasteiger partial charge in [-0.25, -0.2) is 9.37 Å². The Kier molecular flexibility index (Phi) is 3.86. The van der Waals surface area contributed by atoms with E-state index >= 15 is 0 Å². The zero-order valence-electron chi connectivity index (χ0n) is 16.3. The summed E-state index contributed by atoms with van der Waals surface area (Å²) >= 11 is 0. The van der Waals surface area contributed by atoms with Crippen LogP contribution in [0.15, 0.2) is 33.8 Å². The van der Waals surface area contributed by atoms with Crippen molar-refractivity contribution in [2.45, 2.75) is 38.1 Å². The molecule has 3 heterocycles. The van der Waals surface area contributed by atoms with Crippen molar-refractivity contribution in [3.63, 3.8) is 0 Å². The second-order valence-electron chi connectivity index (χ2n) is 7.88. The Balaban J connectivity index is 1.82. The van der Waals surface area contributed by atoms with E-state index < -0.39 is 5.82 Å². The van der Waals surface area contributed by atoms with Crippen LogP contribution in [0.25, 0.3) is 28.1 Å². The number of hydrogen-bond acceptors (Lipinski definition) is 6. The molecular formula is C20H20FN5O3. The fourth-order valence-corrected chi connectivity index (χ4v) is 3.75. The smallest absolute Gasteiger partial charge is 0.278 e. The standard InChI is InChI=1S/C20H20FN5O3/c1-11(9-28-3)26-15-12(21)5-4-6-13(15)25-10-22-14(16(25)18(26)27)17-23-19(29-24-17)20(2)7-8-20/h4-6,10-11H,7-9H2,1-3H3. The summed E-state index contributed by atoms with van der Waals surface area (Å²) in [6, 6.07) is 4.31. The van der Waals surface area contributed by atoms with Gasteiger partial charge in [0, 0.05) is 12.5 Å². The van der Waals surface area contributed by atoms with Crippen LogP contribution in [0.1, 0.15) is 38.6 Å². The summed E-state index contributed by atoms with van der Waals surface area (Å²) in [7, 11) is 1.54. The van der Waals surface area contributed by atoms with Gasteiger partial charge in [-0.2, -0.15) is 4.98 Å². The lowest BCUT2D eigenvalue weighted by molar-refractivity contribution is 0.162. The number of halogens is 1. The third-order valence-corrected chi connectivity index (χ3v) is 5.66. The van der Waals surface area contributed by atoms with Crippen LogP contribution in [-0.4, -0.2) is 37.8 Å². The molecule has 0 amide bonds. The van der Waals surface area contributed by atoms with E-state index in [2.05, 4.69) is 22.0 Å². The highest BCUT2D eigenvalue weighted by molar-refractivity contribution is 5.84. The molecule has 1 atom stereocenters. The number of aromatic nitrogens is 5. The Morgan fingerprint density at radius 3 is 2.86 bits per heavy atom. The lowest BCUT2D eigenvalue weighted by Crippen LogP contribution is -2.28. The number of fused-ring (bicyclic) bond motifs is 3. The molecule has 0 spiro atoms. The quantitative estimate of drug-likeness (QED) is 0.514. The number of imidazole rings is 1. The molecule has 0 aliphatic heterocycles. The summed E-state index contributed by atoms with van der Waals surface area (Å²) in [5.41, 5.74) is 0.850. The second kappa shape index (κ2) is 6.21. The number of rotatable bonds is 5. The Hall–Kier alpha value is -3.07. The van der Waals surface area contributed by atoms with Gasteiger partial charge in [0.25, 0.3) is 5.56 Å². The summed E-state index contributed by atoms with van der Waals surface area (Å²) in [5, 5.41) is 4.06. The maximum atomic E-state index is 14.8. The van der Waals surface area contributed by atoms with E-state index in [-0.39, 0.29) is 40.5 Å². The first-order valence-corrected chi connectivity index (χ1v) is 9.48. The fraction of sp³-hybridized carbons (Fsp3) is 0.400. The van der Waals surface area contributed by atoms with E-state index in [1.807, 2.05) is 6.92 Å². The minimum atomic E-state index is -0.483. The van der Waals surface area contributed by atoms with Crippen LogP contribution < -0.4 is 5.56 Å². The predicted molar refractivity (Wildman–Crippen MR) is 103 cm³/mol. The molecule has 150 valence electrons. The van der Waals surface area contributed by atoms with Gasteiger partial charge in [0.1, 0.15) is 28.9 Å². The van der Waals surface area contributed by atoms with Crippen molar-refractivity contribution in [1.82, 2.24) is 24.1 Å². The molecule has 3 aromatic heterocycles. The minimum Gasteiger partial charge on any atom is -0.383 e. The minimum absolute atomic E-state index is 0.0935. The van der Waals surface area contributed by atoms with Gasteiger partial charge in [-0.15, -0.1) is 0 Å². The number of hydrogen-bond donors (Lipinski definition) is 0. The van der Waals surface area contributed by atoms with Gasteiger partial charge < -0.3 is 9.26 Å². The van der Waals surface area contributed by atoms with E-state index in [0.29, 0.717) is 17.1 Å². The molecular weight excluding hydrogens is 377 g/mol. The van der Waals surface area contributed by atoms with Gasteiger partial charge >= 0.3 is 0 Å². The number of para-hydroxylation sites is 1. The van der Waals surface area contributed by atoms with Crippen LogP contribution >= 0.6 is 0 Å². The van der Waals surface area contributed by atoms with Crippen LogP contribution in [0.5, 0.6) is 0 Å². The lowest BCUT2D eigenvalue weighted by Gasteiger charge is -2.18. The normalized spacial score (nSPS) is 16.6. The predicted octanol–water partition coefficient (Wildman–Crippen LogP) is 3.10. The Morgan fingerprint density at radius 2 is 2.14 bits per heavy atom. The average Bonchev–Trinajstić information content (AvgIpc) is 3.11. The van der Waals surface area contributed by atoms with Crippen LogP contribution in [0.3, 0.4) is 0 Å². The molecule has 1 aromatic carbocycles. The third-order valence-electron chi connectivity index (χ3n) is 5.66. The summed E-state index contributed by atoms with van der Waals surface area (Å²) in [4.78, 5) is 22.3. The highest BCUT2D eigenvalue weighted by Gasteiger charge is 2.44. The van der Waals surface area contributed by atoms with Crippen molar-refractivity contribution in [2.24, 2.45) is 0 Å². The molecule has 4 aromatic rings. The maximum absolute atomic E-state index is 14.8. The first-order valence-electron chi connectivity index (χ1n) is 9.48. The van der Waals surface area contributed by atoms with E-state index in [1.54, 1.807) is 23.6 Å². The highest BCUT2D eigenvalue weighted by atomic mass is 19.1. The number of ether oxygens (including phenoxy) is 1. The zero-order chi connectivity index (χ0) is 20.3. The van der Waals surface area contributed by atoms with Crippen LogP contribution in [0.2, 0.25) is 0 Å². The third kappa shape index (κ3) is 2.61. The molecule has 1 saturated carbocycles. The van der Waals surface area contributed by atoms with E-state index in [9.17, 15) is 9.18 Å². The molecule has 1 unspecified atom stereocenters. The zero-order valence-corrected chi connectivity index (χ0v) is 16.3. The Morgan fingerprint density at radius 1 is 1.34 bits per heavy atom. The van der Waals surface area contributed by atoms with Gasteiger partial charge in [-0.05, 0) is 31.9 Å². The van der Waals surface area contributed by atoms with Crippen molar-refractivity contribution in [3.05, 3.63) is 46.6 Å². The lowest BCUT2D eigenvalue weighted by atomic mass is 10.1. The summed E-state index contributed by atoms with van der Waals surface area (Å²) in [6.45, 7) is 4.13. The molecule has 8 nitrogen and oxygen atoms in total. The molecule has 1 fully saturated rings. The van der Waals surface area contributed by atoms with E-state index in [1.165, 1.54) is 17.0 Å². The van der Waals surface area contributed by atoms with Crippen LogP contribution in [0, 0.1) is 5.82 Å². The number of nitrogens with zero attached hydrogens (tertiary/aromatic N) is 5. The van der Waals surface area contributed by atoms with Gasteiger partial charge in [-0.1, -0.05) is 18.1 Å². The van der Waals surface area contributed by atoms with Crippen molar-refractivity contribution in [2.75, 3.05) is 13.7 Å². The molecule has 1 aliphatic rings. The molecule has 1 aliphatic carbocycles. The summed E-state index contributed by atoms with van der Waals surface area (Å²) in [6.07, 6.45) is 3.47. The Bertz CT molecular complexity index is 1300. The van der Waals surface area contributed by atoms with E-state index in [4.69, 9.17) is 9.26 Å². The van der Waals surface area contributed by atoms with Gasteiger partial charge in [-0.3, -0.25) is 13.8 Å². The number of benzene rings is 1. The summed E-state index contributed by atoms with van der Waals surface area (Å²) in [5.74, 6) is 0.325. The molecule has 9 heteroatoms.